The van der Waals surface area contributed by atoms with E-state index in [2.05, 4.69) is 0 Å². The molecule has 108 valence electrons. The van der Waals surface area contributed by atoms with Crippen LogP contribution in [0.25, 0.3) is 0 Å². The number of piperidine rings is 1. The zero-order valence-corrected chi connectivity index (χ0v) is 10.7. The fraction of sp³-hybridized carbons (Fsp3) is 0.500. The van der Waals surface area contributed by atoms with Crippen molar-refractivity contribution < 1.29 is 18.0 Å². The van der Waals surface area contributed by atoms with Crippen molar-refractivity contribution in [2.24, 2.45) is 17.6 Å². The lowest BCUT2D eigenvalue weighted by molar-refractivity contribution is -0.138. The summed E-state index contributed by atoms with van der Waals surface area (Å²) in [7, 11) is 0. The molecule has 20 heavy (non-hydrogen) atoms. The van der Waals surface area contributed by atoms with E-state index in [-0.39, 0.29) is 11.6 Å². The molecule has 0 bridgehead atoms. The molecular formula is C14H15F3N2O. The van der Waals surface area contributed by atoms with Gasteiger partial charge in [0.2, 0.25) is 0 Å². The van der Waals surface area contributed by atoms with Gasteiger partial charge in [0, 0.05) is 19.1 Å². The molecule has 1 amide bonds. The van der Waals surface area contributed by atoms with Crippen LogP contribution in [0, 0.1) is 11.8 Å². The second kappa shape index (κ2) is 4.48. The minimum Gasteiger partial charge on any atom is -0.334 e. The maximum atomic E-state index is 13.0. The zero-order valence-electron chi connectivity index (χ0n) is 10.7. The number of fused-ring (bicyclic) bond motifs is 1. The summed E-state index contributed by atoms with van der Waals surface area (Å²) in [5, 5.41) is 0. The predicted molar refractivity (Wildman–Crippen MR) is 66.9 cm³/mol. The molecule has 1 aromatic rings. The number of rotatable bonds is 2. The van der Waals surface area contributed by atoms with Gasteiger partial charge in [0.1, 0.15) is 0 Å². The molecule has 0 aromatic heterocycles. The number of hydrogen-bond donors (Lipinski definition) is 1. The second-order valence-electron chi connectivity index (χ2n) is 5.46. The Morgan fingerprint density at radius 1 is 1.35 bits per heavy atom. The van der Waals surface area contributed by atoms with Gasteiger partial charge in [-0.15, -0.1) is 0 Å². The van der Waals surface area contributed by atoms with Crippen LogP contribution in [0.4, 0.5) is 13.2 Å². The standard InChI is InChI=1S/C14H15F3N2O/c15-14(16,17)11-4-2-1-3-9(11)13(20)19-7-8-5-10(8)12(19)6-18/h1-4,8,10,12H,5-7,18H2/t8-,10-,12+/m0/s1. The van der Waals surface area contributed by atoms with Crippen molar-refractivity contribution in [3.05, 3.63) is 35.4 Å². The summed E-state index contributed by atoms with van der Waals surface area (Å²) in [5.74, 6) is 0.244. The van der Waals surface area contributed by atoms with Gasteiger partial charge in [-0.1, -0.05) is 12.1 Å². The van der Waals surface area contributed by atoms with E-state index in [1.54, 1.807) is 0 Å². The van der Waals surface area contributed by atoms with Crippen molar-refractivity contribution in [1.29, 1.82) is 0 Å². The Morgan fingerprint density at radius 2 is 2.05 bits per heavy atom. The van der Waals surface area contributed by atoms with Gasteiger partial charge in [0.05, 0.1) is 11.1 Å². The summed E-state index contributed by atoms with van der Waals surface area (Å²) in [5.41, 5.74) is 4.51. The second-order valence-corrected chi connectivity index (χ2v) is 5.46. The van der Waals surface area contributed by atoms with Crippen LogP contribution < -0.4 is 5.73 Å². The summed E-state index contributed by atoms with van der Waals surface area (Å²) < 4.78 is 38.9. The molecule has 1 heterocycles. The lowest BCUT2D eigenvalue weighted by Gasteiger charge is -2.27. The van der Waals surface area contributed by atoms with Crippen molar-refractivity contribution >= 4 is 5.91 Å². The van der Waals surface area contributed by atoms with Crippen LogP contribution in [0.5, 0.6) is 0 Å². The van der Waals surface area contributed by atoms with Gasteiger partial charge in [-0.05, 0) is 30.4 Å². The quantitative estimate of drug-likeness (QED) is 0.904. The van der Waals surface area contributed by atoms with E-state index in [4.69, 9.17) is 5.73 Å². The number of nitrogens with two attached hydrogens (primary N) is 1. The summed E-state index contributed by atoms with van der Waals surface area (Å²) in [6.07, 6.45) is -3.49. The fourth-order valence-electron chi connectivity index (χ4n) is 3.18. The van der Waals surface area contributed by atoms with Crippen LogP contribution in [0.2, 0.25) is 0 Å². The maximum absolute atomic E-state index is 13.0. The number of likely N-dealkylation sites (tertiary alicyclic amines) is 1. The molecule has 2 aliphatic rings. The average Bonchev–Trinajstić information content (AvgIpc) is 3.08. The lowest BCUT2D eigenvalue weighted by Crippen LogP contribution is -2.43. The van der Waals surface area contributed by atoms with E-state index in [1.807, 2.05) is 0 Å². The number of alkyl halides is 3. The Balaban J connectivity index is 1.92. The van der Waals surface area contributed by atoms with E-state index in [9.17, 15) is 18.0 Å². The van der Waals surface area contributed by atoms with Crippen LogP contribution >= 0.6 is 0 Å². The summed E-state index contributed by atoms with van der Waals surface area (Å²) >= 11 is 0. The number of carbonyl (C=O) groups is 1. The first-order valence-corrected chi connectivity index (χ1v) is 6.60. The van der Waals surface area contributed by atoms with E-state index < -0.39 is 17.6 Å². The molecule has 3 atom stereocenters. The fourth-order valence-corrected chi connectivity index (χ4v) is 3.18. The monoisotopic (exact) mass is 284 g/mol. The molecule has 3 nitrogen and oxygen atoms in total. The van der Waals surface area contributed by atoms with Crippen molar-refractivity contribution in [2.75, 3.05) is 13.1 Å². The lowest BCUT2D eigenvalue weighted by atomic mass is 10.0. The number of halogens is 3. The molecular weight excluding hydrogens is 269 g/mol. The minimum absolute atomic E-state index is 0.117. The SMILES string of the molecule is NC[C@@H]1[C@H]2C[C@H]2CN1C(=O)c1ccccc1C(F)(F)F. The molecule has 0 unspecified atom stereocenters. The van der Waals surface area contributed by atoms with Crippen molar-refractivity contribution in [1.82, 2.24) is 4.90 Å². The van der Waals surface area contributed by atoms with Gasteiger partial charge in [0.15, 0.2) is 0 Å². The third-order valence-corrected chi connectivity index (χ3v) is 4.27. The highest BCUT2D eigenvalue weighted by Crippen LogP contribution is 2.49. The number of nitrogens with zero attached hydrogens (tertiary/aromatic N) is 1. The first kappa shape index (κ1) is 13.4. The molecule has 1 saturated carbocycles. The van der Waals surface area contributed by atoms with E-state index >= 15 is 0 Å². The van der Waals surface area contributed by atoms with Crippen LogP contribution in [-0.4, -0.2) is 29.9 Å². The summed E-state index contributed by atoms with van der Waals surface area (Å²) in [6, 6.07) is 4.82. The number of amides is 1. The van der Waals surface area contributed by atoms with E-state index in [0.29, 0.717) is 24.9 Å². The van der Waals surface area contributed by atoms with E-state index in [1.165, 1.54) is 23.1 Å². The van der Waals surface area contributed by atoms with Crippen LogP contribution in [0.1, 0.15) is 22.3 Å². The van der Waals surface area contributed by atoms with Crippen LogP contribution in [0.15, 0.2) is 24.3 Å². The van der Waals surface area contributed by atoms with Crippen LogP contribution in [-0.2, 0) is 6.18 Å². The molecule has 1 saturated heterocycles. The molecule has 0 radical (unpaired) electrons. The Morgan fingerprint density at radius 3 is 2.70 bits per heavy atom. The minimum atomic E-state index is -4.52. The molecule has 0 spiro atoms. The highest BCUT2D eigenvalue weighted by atomic mass is 19.4. The Labute approximate surface area is 114 Å². The van der Waals surface area contributed by atoms with Crippen molar-refractivity contribution in [3.8, 4) is 0 Å². The van der Waals surface area contributed by atoms with Gasteiger partial charge >= 0.3 is 6.18 Å². The highest BCUT2D eigenvalue weighted by Gasteiger charge is 2.53. The maximum Gasteiger partial charge on any atom is 0.417 e. The van der Waals surface area contributed by atoms with Crippen LogP contribution in [0.3, 0.4) is 0 Å². The van der Waals surface area contributed by atoms with Gasteiger partial charge in [-0.2, -0.15) is 13.2 Å². The highest BCUT2D eigenvalue weighted by molar-refractivity contribution is 5.96. The normalized spacial score (nSPS) is 28.4. The Hall–Kier alpha value is -1.56. The molecule has 2 fully saturated rings. The van der Waals surface area contributed by atoms with Crippen molar-refractivity contribution in [2.45, 2.75) is 18.6 Å². The molecule has 6 heteroatoms. The van der Waals surface area contributed by atoms with Gasteiger partial charge in [-0.3, -0.25) is 4.79 Å². The van der Waals surface area contributed by atoms with Crippen molar-refractivity contribution in [3.63, 3.8) is 0 Å². The smallest absolute Gasteiger partial charge is 0.334 e. The molecule has 1 aromatic carbocycles. The first-order chi connectivity index (χ1) is 9.43. The average molecular weight is 284 g/mol. The molecule has 2 N–H and O–H groups in total. The van der Waals surface area contributed by atoms with E-state index in [0.717, 1.165) is 12.5 Å². The number of carbonyl (C=O) groups excluding carboxylic acids is 1. The summed E-state index contributed by atoms with van der Waals surface area (Å²) in [6.45, 7) is 0.832. The third kappa shape index (κ3) is 2.08. The summed E-state index contributed by atoms with van der Waals surface area (Å²) in [4.78, 5) is 13.9. The number of benzene rings is 1. The van der Waals surface area contributed by atoms with Gasteiger partial charge in [-0.25, -0.2) is 0 Å². The van der Waals surface area contributed by atoms with Gasteiger partial charge in [0.25, 0.3) is 5.91 Å². The van der Waals surface area contributed by atoms with Gasteiger partial charge < -0.3 is 10.6 Å². The Kier molecular flexibility index (Phi) is 3.01. The predicted octanol–water partition coefficient (Wildman–Crippen LogP) is 2.12. The first-order valence-electron chi connectivity index (χ1n) is 6.60. The zero-order chi connectivity index (χ0) is 14.5. The third-order valence-electron chi connectivity index (χ3n) is 4.27. The molecule has 3 rings (SSSR count). The number of hydrogen-bond acceptors (Lipinski definition) is 2. The molecule has 1 aliphatic heterocycles. The topological polar surface area (TPSA) is 46.3 Å². The Bertz CT molecular complexity index is 543. The largest absolute Gasteiger partial charge is 0.417 e. The molecule has 1 aliphatic carbocycles.